The number of anilines is 2. The van der Waals surface area contributed by atoms with Gasteiger partial charge in [0.1, 0.15) is 0 Å². The number of nitrogens with zero attached hydrogens (tertiary/aromatic N) is 1. The van der Waals surface area contributed by atoms with Crippen molar-refractivity contribution in [2.24, 2.45) is 0 Å². The Morgan fingerprint density at radius 3 is 2.79 bits per heavy atom. The lowest BCUT2D eigenvalue weighted by Gasteiger charge is -2.21. The van der Waals surface area contributed by atoms with Gasteiger partial charge in [-0.25, -0.2) is 0 Å². The summed E-state index contributed by atoms with van der Waals surface area (Å²) < 4.78 is 5.00. The maximum Gasteiger partial charge on any atom is 0.296 e. The molecule has 1 heterocycles. The Kier molecular flexibility index (Phi) is 4.07. The van der Waals surface area contributed by atoms with Gasteiger partial charge in [0.25, 0.3) is 11.7 Å². The summed E-state index contributed by atoms with van der Waals surface area (Å²) in [5.74, 6) is -1.14. The second-order valence-corrected chi connectivity index (χ2v) is 4.81. The van der Waals surface area contributed by atoms with Crippen LogP contribution >= 0.6 is 11.6 Å². The average molecular weight is 283 g/mol. The third-order valence-electron chi connectivity index (χ3n) is 3.04. The molecule has 0 unspecified atom stereocenters. The summed E-state index contributed by atoms with van der Waals surface area (Å²) in [6, 6.07) is 3.27. The van der Waals surface area contributed by atoms with Gasteiger partial charge in [0.05, 0.1) is 22.0 Å². The van der Waals surface area contributed by atoms with Gasteiger partial charge in [-0.3, -0.25) is 9.59 Å². The van der Waals surface area contributed by atoms with Crippen LogP contribution in [-0.4, -0.2) is 39.0 Å². The number of carbonyl (C=O) groups excluding carboxylic acids is 2. The lowest BCUT2D eigenvalue weighted by molar-refractivity contribution is -0.112. The number of ketones is 1. The Morgan fingerprint density at radius 1 is 1.37 bits per heavy atom. The van der Waals surface area contributed by atoms with Gasteiger partial charge in [0.15, 0.2) is 0 Å². The van der Waals surface area contributed by atoms with E-state index in [1.807, 2.05) is 11.9 Å². The van der Waals surface area contributed by atoms with Gasteiger partial charge in [-0.05, 0) is 18.6 Å². The monoisotopic (exact) mass is 282 g/mol. The summed E-state index contributed by atoms with van der Waals surface area (Å²) in [5.41, 5.74) is 1.64. The van der Waals surface area contributed by atoms with Crippen LogP contribution in [-0.2, 0) is 9.53 Å². The first kappa shape index (κ1) is 13.8. The number of hydrogen-bond acceptors (Lipinski definition) is 4. The molecule has 2 rings (SSSR count). The van der Waals surface area contributed by atoms with E-state index in [1.165, 1.54) is 0 Å². The number of rotatable bonds is 5. The molecule has 6 heteroatoms. The highest BCUT2D eigenvalue weighted by Crippen LogP contribution is 2.34. The molecule has 0 radical (unpaired) electrons. The summed E-state index contributed by atoms with van der Waals surface area (Å²) in [7, 11) is 3.56. The smallest absolute Gasteiger partial charge is 0.296 e. The van der Waals surface area contributed by atoms with E-state index in [9.17, 15) is 9.59 Å². The second-order valence-electron chi connectivity index (χ2n) is 4.40. The van der Waals surface area contributed by atoms with Crippen molar-refractivity contribution in [2.75, 3.05) is 37.5 Å². The molecule has 0 atom stereocenters. The molecule has 1 aliphatic heterocycles. The van der Waals surface area contributed by atoms with Crippen LogP contribution in [0.4, 0.5) is 11.4 Å². The highest BCUT2D eigenvalue weighted by Gasteiger charge is 2.29. The van der Waals surface area contributed by atoms with E-state index in [0.29, 0.717) is 22.9 Å². The quantitative estimate of drug-likeness (QED) is 0.662. The minimum absolute atomic E-state index is 0.337. The van der Waals surface area contributed by atoms with Crippen LogP contribution in [0, 0.1) is 0 Å². The zero-order valence-electron chi connectivity index (χ0n) is 10.8. The minimum atomic E-state index is -0.606. The van der Waals surface area contributed by atoms with Gasteiger partial charge in [0.2, 0.25) is 0 Å². The van der Waals surface area contributed by atoms with Crippen molar-refractivity contribution < 1.29 is 14.3 Å². The Morgan fingerprint density at radius 2 is 2.11 bits per heavy atom. The number of methoxy groups -OCH3 is 1. The third kappa shape index (κ3) is 2.72. The number of nitrogens with one attached hydrogen (secondary N) is 1. The first-order chi connectivity index (χ1) is 9.04. The van der Waals surface area contributed by atoms with E-state index in [-0.39, 0.29) is 0 Å². The number of amides is 1. The Balaban J connectivity index is 2.22. The minimum Gasteiger partial charge on any atom is -0.385 e. The molecule has 0 saturated heterocycles. The van der Waals surface area contributed by atoms with E-state index in [2.05, 4.69) is 5.32 Å². The normalized spacial score (nSPS) is 13.4. The topological polar surface area (TPSA) is 58.6 Å². The van der Waals surface area contributed by atoms with Crippen LogP contribution in [0.5, 0.6) is 0 Å². The molecule has 5 nitrogen and oxygen atoms in total. The van der Waals surface area contributed by atoms with Crippen molar-refractivity contribution in [3.8, 4) is 0 Å². The second kappa shape index (κ2) is 5.59. The first-order valence-electron chi connectivity index (χ1n) is 5.94. The van der Waals surface area contributed by atoms with Crippen molar-refractivity contribution in [3.63, 3.8) is 0 Å². The Hall–Kier alpha value is -1.59. The van der Waals surface area contributed by atoms with Gasteiger partial charge in [0, 0.05) is 27.3 Å². The van der Waals surface area contributed by atoms with Crippen molar-refractivity contribution >= 4 is 34.7 Å². The van der Waals surface area contributed by atoms with Crippen LogP contribution in [0.15, 0.2) is 12.1 Å². The maximum absolute atomic E-state index is 11.5. The molecule has 0 fully saturated rings. The molecule has 19 heavy (non-hydrogen) atoms. The number of hydrogen-bond donors (Lipinski definition) is 1. The molecule has 0 spiro atoms. The zero-order valence-corrected chi connectivity index (χ0v) is 11.6. The molecule has 1 N–H and O–H groups in total. The number of benzene rings is 1. The molecule has 1 amide bonds. The Bertz CT molecular complexity index is 531. The summed E-state index contributed by atoms with van der Waals surface area (Å²) in [5, 5.41) is 3.00. The van der Waals surface area contributed by atoms with Gasteiger partial charge in [-0.1, -0.05) is 11.6 Å². The standard InChI is InChI=1S/C13H15ClN2O3/c1-16(4-3-5-19-2)11-7-10-8(6-9(11)14)12(17)13(18)15-10/h6-7H,3-5H2,1-2H3,(H,15,17,18). The fourth-order valence-electron chi connectivity index (χ4n) is 2.01. The molecule has 0 aromatic heterocycles. The van der Waals surface area contributed by atoms with Crippen LogP contribution in [0.2, 0.25) is 5.02 Å². The molecule has 0 saturated carbocycles. The molecule has 1 aromatic carbocycles. The number of ether oxygens (including phenoxy) is 1. The predicted octanol–water partition coefficient (Wildman–Crippen LogP) is 1.95. The highest BCUT2D eigenvalue weighted by molar-refractivity contribution is 6.52. The summed E-state index contributed by atoms with van der Waals surface area (Å²) >= 11 is 6.16. The van der Waals surface area contributed by atoms with E-state index in [1.54, 1.807) is 19.2 Å². The van der Waals surface area contributed by atoms with Crippen molar-refractivity contribution in [1.29, 1.82) is 0 Å². The first-order valence-corrected chi connectivity index (χ1v) is 6.31. The van der Waals surface area contributed by atoms with Gasteiger partial charge < -0.3 is 15.0 Å². The Labute approximate surface area is 116 Å². The largest absolute Gasteiger partial charge is 0.385 e. The van der Waals surface area contributed by atoms with Crippen molar-refractivity contribution in [1.82, 2.24) is 0 Å². The van der Waals surface area contributed by atoms with Crippen molar-refractivity contribution in [3.05, 3.63) is 22.7 Å². The fourth-order valence-corrected chi connectivity index (χ4v) is 2.32. The van der Waals surface area contributed by atoms with Crippen molar-refractivity contribution in [2.45, 2.75) is 6.42 Å². The number of halogens is 1. The van der Waals surface area contributed by atoms with E-state index < -0.39 is 11.7 Å². The lowest BCUT2D eigenvalue weighted by Crippen LogP contribution is -2.20. The number of Topliss-reactive ketones (excluding diaryl/α,β-unsaturated/α-hetero) is 1. The molecule has 1 aliphatic rings. The highest BCUT2D eigenvalue weighted by atomic mass is 35.5. The van der Waals surface area contributed by atoms with Crippen LogP contribution in [0.1, 0.15) is 16.8 Å². The SMILES string of the molecule is COCCCN(C)c1cc2c(cc1Cl)C(=O)C(=O)N2. The van der Waals surface area contributed by atoms with Crippen LogP contribution in [0.25, 0.3) is 0 Å². The van der Waals surface area contributed by atoms with Crippen LogP contribution < -0.4 is 10.2 Å². The lowest BCUT2D eigenvalue weighted by atomic mass is 10.1. The van der Waals surface area contributed by atoms with Gasteiger partial charge in [-0.15, -0.1) is 0 Å². The fraction of sp³-hybridized carbons (Fsp3) is 0.385. The maximum atomic E-state index is 11.5. The summed E-state index contributed by atoms with van der Waals surface area (Å²) in [6.07, 6.45) is 0.867. The number of carbonyl (C=O) groups is 2. The van der Waals surface area contributed by atoms with Crippen LogP contribution in [0.3, 0.4) is 0 Å². The zero-order chi connectivity index (χ0) is 14.0. The number of fused-ring (bicyclic) bond motifs is 1. The molecule has 0 aliphatic carbocycles. The molecule has 0 bridgehead atoms. The molecular formula is C13H15ClN2O3. The predicted molar refractivity (Wildman–Crippen MR) is 74.2 cm³/mol. The summed E-state index contributed by atoms with van der Waals surface area (Å²) in [6.45, 7) is 1.44. The third-order valence-corrected chi connectivity index (χ3v) is 3.34. The van der Waals surface area contributed by atoms with Gasteiger partial charge in [-0.2, -0.15) is 0 Å². The molecular weight excluding hydrogens is 268 g/mol. The molecule has 102 valence electrons. The summed E-state index contributed by atoms with van der Waals surface area (Å²) in [4.78, 5) is 24.8. The van der Waals surface area contributed by atoms with E-state index in [4.69, 9.17) is 16.3 Å². The molecule has 1 aromatic rings. The average Bonchev–Trinajstić information content (AvgIpc) is 2.65. The van der Waals surface area contributed by atoms with E-state index in [0.717, 1.165) is 18.7 Å². The van der Waals surface area contributed by atoms with E-state index >= 15 is 0 Å². The van der Waals surface area contributed by atoms with Gasteiger partial charge >= 0.3 is 0 Å².